The van der Waals surface area contributed by atoms with E-state index in [2.05, 4.69) is 57.4 Å². The van der Waals surface area contributed by atoms with E-state index in [1.54, 1.807) is 0 Å². The van der Waals surface area contributed by atoms with Crippen molar-refractivity contribution in [2.24, 2.45) is 5.92 Å². The number of aromatic nitrogens is 2. The van der Waals surface area contributed by atoms with Crippen LogP contribution in [0.15, 0.2) is 22.7 Å². The highest BCUT2D eigenvalue weighted by molar-refractivity contribution is 9.10. The lowest BCUT2D eigenvalue weighted by atomic mass is 9.82. The summed E-state index contributed by atoms with van der Waals surface area (Å²) in [5, 5.41) is 0. The summed E-state index contributed by atoms with van der Waals surface area (Å²) in [6.07, 6.45) is 11.7. The van der Waals surface area contributed by atoms with Crippen molar-refractivity contribution in [2.45, 2.75) is 96.6 Å². The summed E-state index contributed by atoms with van der Waals surface area (Å²) in [6, 6.07) is 6.81. The van der Waals surface area contributed by atoms with Gasteiger partial charge in [-0.25, -0.2) is 4.98 Å². The number of hydrogen-bond acceptors (Lipinski definition) is 2. The van der Waals surface area contributed by atoms with Crippen molar-refractivity contribution in [3.05, 3.63) is 28.5 Å². The Kier molecular flexibility index (Phi) is 7.17. The summed E-state index contributed by atoms with van der Waals surface area (Å²) in [5.41, 5.74) is 2.21. The minimum absolute atomic E-state index is 0.312. The Balaban J connectivity index is 1.54. The highest BCUT2D eigenvalue weighted by Crippen LogP contribution is 2.37. The van der Waals surface area contributed by atoms with Gasteiger partial charge in [-0.15, -0.1) is 0 Å². The molecule has 5 heteroatoms. The van der Waals surface area contributed by atoms with Crippen molar-refractivity contribution in [3.63, 3.8) is 0 Å². The summed E-state index contributed by atoms with van der Waals surface area (Å²) in [4.78, 5) is 20.4. The number of carbonyl (C=O) groups excluding carboxylic acids is 1. The molecule has 2 aliphatic carbocycles. The van der Waals surface area contributed by atoms with Gasteiger partial charge in [-0.05, 0) is 56.7 Å². The third-order valence-electron chi connectivity index (χ3n) is 7.35. The van der Waals surface area contributed by atoms with Crippen LogP contribution in [-0.4, -0.2) is 32.9 Å². The smallest absolute Gasteiger partial charge is 0.224 e. The standard InChI is InChI=1S/C25H36BrN3O/c1-3-28(21-7-5-4-6-8-21)24(30)15-16-29-23-14-13-20(26)17-22(23)27-25(29)19-11-9-18(2)10-12-19/h13-14,17-19,21H,3-12,15-16H2,1-2H3/t18-,19-. The van der Waals surface area contributed by atoms with E-state index in [9.17, 15) is 4.79 Å². The molecule has 1 aromatic carbocycles. The molecule has 0 unspecified atom stereocenters. The lowest BCUT2D eigenvalue weighted by molar-refractivity contribution is -0.134. The third kappa shape index (κ3) is 4.76. The molecule has 0 saturated heterocycles. The van der Waals surface area contributed by atoms with Crippen LogP contribution in [-0.2, 0) is 11.3 Å². The Labute approximate surface area is 189 Å². The average Bonchev–Trinajstić information content (AvgIpc) is 3.11. The van der Waals surface area contributed by atoms with Gasteiger partial charge in [-0.3, -0.25) is 4.79 Å². The number of aryl methyl sites for hydroxylation is 1. The second kappa shape index (κ2) is 9.84. The maximum absolute atomic E-state index is 13.2. The fraction of sp³-hybridized carbons (Fsp3) is 0.680. The van der Waals surface area contributed by atoms with Gasteiger partial charge in [0.05, 0.1) is 11.0 Å². The molecule has 0 radical (unpaired) electrons. The molecule has 0 N–H and O–H groups in total. The zero-order valence-electron chi connectivity index (χ0n) is 18.6. The van der Waals surface area contributed by atoms with Crippen molar-refractivity contribution in [2.75, 3.05) is 6.54 Å². The molecule has 1 amide bonds. The normalized spacial score (nSPS) is 23.0. The van der Waals surface area contributed by atoms with Gasteiger partial charge in [0.25, 0.3) is 0 Å². The highest BCUT2D eigenvalue weighted by atomic mass is 79.9. The van der Waals surface area contributed by atoms with Crippen molar-refractivity contribution < 1.29 is 4.79 Å². The minimum atomic E-state index is 0.312. The maximum atomic E-state index is 13.2. The molecule has 30 heavy (non-hydrogen) atoms. The van der Waals surface area contributed by atoms with Crippen LogP contribution in [0.3, 0.4) is 0 Å². The van der Waals surface area contributed by atoms with Crippen molar-refractivity contribution in [1.82, 2.24) is 14.5 Å². The van der Waals surface area contributed by atoms with Crippen LogP contribution in [0.2, 0.25) is 0 Å². The van der Waals surface area contributed by atoms with Crippen molar-refractivity contribution >= 4 is 32.9 Å². The van der Waals surface area contributed by atoms with Gasteiger partial charge in [-0.1, -0.05) is 55.0 Å². The number of rotatable bonds is 6. The molecular weight excluding hydrogens is 438 g/mol. The molecular formula is C25H36BrN3O. The van der Waals surface area contributed by atoms with Crippen LogP contribution in [0, 0.1) is 5.92 Å². The van der Waals surface area contributed by atoms with Crippen LogP contribution in [0.1, 0.15) is 89.8 Å². The third-order valence-corrected chi connectivity index (χ3v) is 7.84. The van der Waals surface area contributed by atoms with E-state index in [-0.39, 0.29) is 0 Å². The van der Waals surface area contributed by atoms with Gasteiger partial charge in [0.1, 0.15) is 5.82 Å². The average molecular weight is 474 g/mol. The quantitative estimate of drug-likeness (QED) is 0.469. The Bertz CT molecular complexity index is 863. The van der Waals surface area contributed by atoms with Crippen LogP contribution in [0.4, 0.5) is 0 Å². The molecule has 1 heterocycles. The molecule has 0 spiro atoms. The number of amides is 1. The largest absolute Gasteiger partial charge is 0.340 e. The molecule has 2 saturated carbocycles. The van der Waals surface area contributed by atoms with E-state index in [0.717, 1.165) is 29.0 Å². The molecule has 164 valence electrons. The Morgan fingerprint density at radius 2 is 1.87 bits per heavy atom. The summed E-state index contributed by atoms with van der Waals surface area (Å²) < 4.78 is 3.42. The van der Waals surface area contributed by atoms with Gasteiger partial charge in [0.15, 0.2) is 0 Å². The van der Waals surface area contributed by atoms with Crippen LogP contribution < -0.4 is 0 Å². The van der Waals surface area contributed by atoms with E-state index < -0.39 is 0 Å². The SMILES string of the molecule is CCN(C(=O)CCn1c2ccc(Br)cc2nc1[C@H]1CC[C@H](C)CC1)C1CCCCC1. The number of fused-ring (bicyclic) bond motifs is 1. The van der Waals surface area contributed by atoms with Gasteiger partial charge in [0, 0.05) is 35.9 Å². The first kappa shape index (κ1) is 21.9. The number of benzene rings is 1. The Hall–Kier alpha value is -1.36. The molecule has 0 atom stereocenters. The van der Waals surface area contributed by atoms with Gasteiger partial charge in [-0.2, -0.15) is 0 Å². The molecule has 0 aliphatic heterocycles. The van der Waals surface area contributed by atoms with Gasteiger partial charge in [0.2, 0.25) is 5.91 Å². The maximum Gasteiger partial charge on any atom is 0.224 e. The summed E-state index contributed by atoms with van der Waals surface area (Å²) in [7, 11) is 0. The van der Waals surface area contributed by atoms with Crippen LogP contribution in [0.25, 0.3) is 11.0 Å². The number of halogens is 1. The number of carbonyl (C=O) groups is 1. The minimum Gasteiger partial charge on any atom is -0.340 e. The monoisotopic (exact) mass is 473 g/mol. The van der Waals surface area contributed by atoms with Gasteiger partial charge >= 0.3 is 0 Å². The lowest BCUT2D eigenvalue weighted by Gasteiger charge is -2.34. The predicted octanol–water partition coefficient (Wildman–Crippen LogP) is 6.66. The number of nitrogens with zero attached hydrogens (tertiary/aromatic N) is 3. The molecule has 2 aliphatic rings. The van der Waals surface area contributed by atoms with E-state index in [0.29, 0.717) is 24.3 Å². The van der Waals surface area contributed by atoms with E-state index in [1.807, 2.05) is 0 Å². The zero-order chi connectivity index (χ0) is 21.1. The Morgan fingerprint density at radius 3 is 2.57 bits per heavy atom. The number of imidazole rings is 1. The molecule has 4 nitrogen and oxygen atoms in total. The number of hydrogen-bond donors (Lipinski definition) is 0. The predicted molar refractivity (Wildman–Crippen MR) is 127 cm³/mol. The topological polar surface area (TPSA) is 38.1 Å². The first-order valence-corrected chi connectivity index (χ1v) is 12.8. The summed E-state index contributed by atoms with van der Waals surface area (Å²) in [5.74, 6) is 2.85. The van der Waals surface area contributed by atoms with E-state index in [4.69, 9.17) is 4.98 Å². The molecule has 0 bridgehead atoms. The fourth-order valence-electron chi connectivity index (χ4n) is 5.57. The Morgan fingerprint density at radius 1 is 1.13 bits per heavy atom. The van der Waals surface area contributed by atoms with Gasteiger partial charge < -0.3 is 9.47 Å². The summed E-state index contributed by atoms with van der Waals surface area (Å²) >= 11 is 3.59. The first-order valence-electron chi connectivity index (χ1n) is 12.0. The fourth-order valence-corrected chi connectivity index (χ4v) is 5.92. The van der Waals surface area contributed by atoms with Crippen LogP contribution in [0.5, 0.6) is 0 Å². The highest BCUT2D eigenvalue weighted by Gasteiger charge is 2.27. The van der Waals surface area contributed by atoms with Crippen LogP contribution >= 0.6 is 15.9 Å². The molecule has 2 aromatic rings. The molecule has 4 rings (SSSR count). The summed E-state index contributed by atoms with van der Waals surface area (Å²) in [6.45, 7) is 6.06. The van der Waals surface area contributed by atoms with Crippen molar-refractivity contribution in [1.29, 1.82) is 0 Å². The van der Waals surface area contributed by atoms with Crippen molar-refractivity contribution in [3.8, 4) is 0 Å². The lowest BCUT2D eigenvalue weighted by Crippen LogP contribution is -2.41. The second-order valence-corrected chi connectivity index (χ2v) is 10.3. The molecule has 2 fully saturated rings. The zero-order valence-corrected chi connectivity index (χ0v) is 20.2. The molecule has 1 aromatic heterocycles. The second-order valence-electron chi connectivity index (χ2n) is 9.43. The van der Waals surface area contributed by atoms with E-state index >= 15 is 0 Å². The first-order chi connectivity index (χ1) is 14.6. The van der Waals surface area contributed by atoms with E-state index in [1.165, 1.54) is 69.1 Å².